The number of alkyl halides is 3. The Balaban J connectivity index is 2.87. The summed E-state index contributed by atoms with van der Waals surface area (Å²) in [5.41, 5.74) is -5.35. The highest BCUT2D eigenvalue weighted by Crippen LogP contribution is 2.30. The number of nitrogens with zero attached hydrogens (tertiary/aromatic N) is 3. The zero-order chi connectivity index (χ0) is 22.3. The first-order valence-corrected chi connectivity index (χ1v) is 9.99. The predicted octanol–water partition coefficient (Wildman–Crippen LogP) is 2.38. The second-order valence-electron chi connectivity index (χ2n) is 5.87. The Bertz CT molecular complexity index is 1170. The van der Waals surface area contributed by atoms with Crippen LogP contribution in [0.1, 0.15) is 19.5 Å². The third kappa shape index (κ3) is 4.09. The lowest BCUT2D eigenvalue weighted by Gasteiger charge is -2.20. The molecule has 1 aromatic heterocycles. The second kappa shape index (κ2) is 7.92. The predicted molar refractivity (Wildman–Crippen MR) is 97.4 cm³/mol. The van der Waals surface area contributed by atoms with E-state index in [0.29, 0.717) is 12.1 Å². The van der Waals surface area contributed by atoms with Crippen LogP contribution in [-0.2, 0) is 23.2 Å². The summed E-state index contributed by atoms with van der Waals surface area (Å²) in [7, 11) is -3.46. The van der Waals surface area contributed by atoms with Crippen LogP contribution in [0, 0.1) is 5.82 Å². The van der Waals surface area contributed by atoms with Gasteiger partial charge in [0, 0.05) is 26.2 Å². The average molecular weight is 458 g/mol. The molecule has 0 saturated heterocycles. The van der Waals surface area contributed by atoms with Gasteiger partial charge in [-0.15, -0.1) is 0 Å². The maximum atomic E-state index is 14.5. The van der Waals surface area contributed by atoms with E-state index in [1.54, 1.807) is 13.8 Å². The van der Waals surface area contributed by atoms with Gasteiger partial charge >= 0.3 is 11.9 Å². The first-order chi connectivity index (χ1) is 13.3. The highest BCUT2D eigenvalue weighted by molar-refractivity contribution is 7.89. The number of halogens is 5. The normalized spacial score (nSPS) is 12.6. The molecule has 2 aromatic rings. The number of aromatic nitrogens is 2. The van der Waals surface area contributed by atoms with Crippen molar-refractivity contribution in [1.82, 2.24) is 13.4 Å². The van der Waals surface area contributed by atoms with E-state index in [0.717, 1.165) is 11.4 Å². The van der Waals surface area contributed by atoms with Gasteiger partial charge < -0.3 is 0 Å². The molecule has 0 aliphatic rings. The van der Waals surface area contributed by atoms with Crippen LogP contribution in [0.15, 0.2) is 32.7 Å². The van der Waals surface area contributed by atoms with Crippen molar-refractivity contribution in [3.05, 3.63) is 55.6 Å². The standard InChI is InChI=1S/C16H16ClF4N3O4S/c1-4-23(5-2)29(27,28)12-7-11(10(18)6-9(12)17)24-14(25)8-13(16(19,20)21)22(3)15(24)26/h6-8H,4-5H2,1-3H3. The first-order valence-electron chi connectivity index (χ1n) is 8.17. The fourth-order valence-electron chi connectivity index (χ4n) is 2.71. The molecule has 0 unspecified atom stereocenters. The molecule has 0 spiro atoms. The highest BCUT2D eigenvalue weighted by atomic mass is 35.5. The fourth-order valence-corrected chi connectivity index (χ4v) is 4.68. The lowest BCUT2D eigenvalue weighted by molar-refractivity contribution is -0.144. The van der Waals surface area contributed by atoms with Crippen LogP contribution in [0.3, 0.4) is 0 Å². The van der Waals surface area contributed by atoms with E-state index in [4.69, 9.17) is 11.6 Å². The summed E-state index contributed by atoms with van der Waals surface area (Å²) < 4.78 is 80.1. The average Bonchev–Trinajstić information content (AvgIpc) is 2.59. The molecule has 0 radical (unpaired) electrons. The van der Waals surface area contributed by atoms with Crippen LogP contribution in [0.25, 0.3) is 5.69 Å². The Labute approximate surface area is 167 Å². The van der Waals surface area contributed by atoms with Gasteiger partial charge in [0.05, 0.1) is 10.7 Å². The lowest BCUT2D eigenvalue weighted by atomic mass is 10.3. The van der Waals surface area contributed by atoms with Gasteiger partial charge in [-0.1, -0.05) is 25.4 Å². The van der Waals surface area contributed by atoms with E-state index in [1.165, 1.54) is 0 Å². The largest absolute Gasteiger partial charge is 0.431 e. The molecule has 0 aliphatic heterocycles. The van der Waals surface area contributed by atoms with E-state index in [1.807, 2.05) is 0 Å². The molecule has 0 N–H and O–H groups in total. The highest BCUT2D eigenvalue weighted by Gasteiger charge is 2.35. The number of benzene rings is 1. The minimum absolute atomic E-state index is 0.0594. The Morgan fingerprint density at radius 2 is 1.66 bits per heavy atom. The third-order valence-electron chi connectivity index (χ3n) is 4.18. The van der Waals surface area contributed by atoms with Crippen molar-refractivity contribution in [2.24, 2.45) is 7.05 Å². The smallest absolute Gasteiger partial charge is 0.292 e. The van der Waals surface area contributed by atoms with Crippen molar-refractivity contribution in [2.45, 2.75) is 24.9 Å². The van der Waals surface area contributed by atoms with Crippen LogP contribution < -0.4 is 11.2 Å². The van der Waals surface area contributed by atoms with E-state index < -0.39 is 54.6 Å². The zero-order valence-corrected chi connectivity index (χ0v) is 17.0. The third-order valence-corrected chi connectivity index (χ3v) is 6.69. The van der Waals surface area contributed by atoms with Gasteiger partial charge in [-0.2, -0.15) is 17.5 Å². The Kier molecular flexibility index (Phi) is 6.31. The summed E-state index contributed by atoms with van der Waals surface area (Å²) in [6, 6.07) is 1.35. The van der Waals surface area contributed by atoms with Gasteiger partial charge in [0.1, 0.15) is 16.4 Å². The minimum Gasteiger partial charge on any atom is -0.292 e. The lowest BCUT2D eigenvalue weighted by Crippen LogP contribution is -2.41. The van der Waals surface area contributed by atoms with Crippen LogP contribution in [0.5, 0.6) is 0 Å². The van der Waals surface area contributed by atoms with Crippen molar-refractivity contribution in [3.63, 3.8) is 0 Å². The summed E-state index contributed by atoms with van der Waals surface area (Å²) in [6.45, 7) is 3.22. The van der Waals surface area contributed by atoms with Crippen molar-refractivity contribution in [3.8, 4) is 5.69 Å². The summed E-state index contributed by atoms with van der Waals surface area (Å²) in [6.07, 6.45) is -5.00. The van der Waals surface area contributed by atoms with Crippen LogP contribution >= 0.6 is 11.6 Å². The van der Waals surface area contributed by atoms with Gasteiger partial charge in [0.2, 0.25) is 10.0 Å². The Hall–Kier alpha value is -2.18. The molecule has 0 aliphatic carbocycles. The summed E-state index contributed by atoms with van der Waals surface area (Å²) >= 11 is 5.86. The van der Waals surface area contributed by atoms with Crippen molar-refractivity contribution < 1.29 is 26.0 Å². The molecule has 0 amide bonds. The monoisotopic (exact) mass is 457 g/mol. The first kappa shape index (κ1) is 23.1. The van der Waals surface area contributed by atoms with Crippen molar-refractivity contribution >= 4 is 21.6 Å². The molecule has 0 saturated carbocycles. The number of rotatable bonds is 5. The molecule has 13 heteroatoms. The molecule has 1 heterocycles. The fraction of sp³-hybridized carbons (Fsp3) is 0.375. The van der Waals surface area contributed by atoms with Gasteiger partial charge in [-0.05, 0) is 12.1 Å². The molecule has 0 bridgehead atoms. The molecular weight excluding hydrogens is 442 g/mol. The Morgan fingerprint density at radius 1 is 1.10 bits per heavy atom. The van der Waals surface area contributed by atoms with Crippen LogP contribution in [0.4, 0.5) is 17.6 Å². The second-order valence-corrected chi connectivity index (χ2v) is 8.18. The number of hydrogen-bond acceptors (Lipinski definition) is 4. The molecule has 0 fully saturated rings. The van der Waals surface area contributed by atoms with Crippen molar-refractivity contribution in [1.29, 1.82) is 0 Å². The van der Waals surface area contributed by atoms with E-state index in [9.17, 15) is 35.6 Å². The van der Waals surface area contributed by atoms with E-state index in [2.05, 4.69) is 0 Å². The molecule has 2 rings (SSSR count). The molecule has 7 nitrogen and oxygen atoms in total. The molecule has 29 heavy (non-hydrogen) atoms. The maximum Gasteiger partial charge on any atom is 0.431 e. The topological polar surface area (TPSA) is 81.4 Å². The quantitative estimate of drug-likeness (QED) is 0.646. The maximum absolute atomic E-state index is 14.5. The van der Waals surface area contributed by atoms with Crippen LogP contribution in [-0.4, -0.2) is 34.9 Å². The molecule has 1 aromatic carbocycles. The number of sulfonamides is 1. The van der Waals surface area contributed by atoms with Gasteiger partial charge in [-0.25, -0.2) is 22.2 Å². The summed E-state index contributed by atoms with van der Waals surface area (Å²) in [4.78, 5) is 24.0. The molecule has 0 atom stereocenters. The summed E-state index contributed by atoms with van der Waals surface area (Å²) in [5, 5.41) is -0.505. The van der Waals surface area contributed by atoms with Crippen molar-refractivity contribution in [2.75, 3.05) is 13.1 Å². The van der Waals surface area contributed by atoms with Gasteiger partial charge in [0.15, 0.2) is 0 Å². The van der Waals surface area contributed by atoms with Gasteiger partial charge in [-0.3, -0.25) is 9.36 Å². The minimum atomic E-state index is -5.00. The Morgan fingerprint density at radius 3 is 2.14 bits per heavy atom. The SMILES string of the molecule is CCN(CC)S(=O)(=O)c1cc(-n2c(=O)cc(C(F)(F)F)n(C)c2=O)c(F)cc1Cl. The van der Waals surface area contributed by atoms with E-state index in [-0.39, 0.29) is 28.3 Å². The molecular formula is C16H16ClF4N3O4S. The van der Waals surface area contributed by atoms with Crippen LogP contribution in [0.2, 0.25) is 5.02 Å². The number of hydrogen-bond donors (Lipinski definition) is 0. The molecule has 160 valence electrons. The van der Waals surface area contributed by atoms with E-state index >= 15 is 0 Å². The summed E-state index contributed by atoms with van der Waals surface area (Å²) in [5.74, 6) is -1.26. The van der Waals surface area contributed by atoms with Gasteiger partial charge in [0.25, 0.3) is 5.56 Å². The zero-order valence-electron chi connectivity index (χ0n) is 15.4.